The fourth-order valence-corrected chi connectivity index (χ4v) is 2.17. The highest BCUT2D eigenvalue weighted by atomic mass is 16.6. The van der Waals surface area contributed by atoms with Crippen molar-refractivity contribution in [2.75, 3.05) is 25.6 Å². The number of phenols is 1. The standard InChI is InChI=1S/C16H17NO4/c1-19-13-4-2-11(14(18)9-13)10-17-12-3-5-15-16(8-12)21-7-6-20-15/h2-5,8-9,17-18H,6-7,10H2,1H3. The fraction of sp³-hybridized carbons (Fsp3) is 0.250. The highest BCUT2D eigenvalue weighted by Crippen LogP contribution is 2.33. The van der Waals surface area contributed by atoms with Gasteiger partial charge in [-0.2, -0.15) is 0 Å². The molecule has 1 aliphatic rings. The van der Waals surface area contributed by atoms with Crippen LogP contribution >= 0.6 is 0 Å². The van der Waals surface area contributed by atoms with Crippen LogP contribution in [-0.2, 0) is 6.54 Å². The van der Waals surface area contributed by atoms with Gasteiger partial charge < -0.3 is 24.6 Å². The van der Waals surface area contributed by atoms with Gasteiger partial charge in [-0.1, -0.05) is 0 Å². The Morgan fingerprint density at radius 3 is 2.67 bits per heavy atom. The number of benzene rings is 2. The van der Waals surface area contributed by atoms with Crippen molar-refractivity contribution in [2.45, 2.75) is 6.54 Å². The minimum Gasteiger partial charge on any atom is -0.507 e. The van der Waals surface area contributed by atoms with E-state index in [0.717, 1.165) is 22.7 Å². The summed E-state index contributed by atoms with van der Waals surface area (Å²) in [7, 11) is 1.57. The number of ether oxygens (including phenoxy) is 3. The van der Waals surface area contributed by atoms with Crippen LogP contribution < -0.4 is 19.5 Å². The van der Waals surface area contributed by atoms with Crippen LogP contribution in [0.15, 0.2) is 36.4 Å². The van der Waals surface area contributed by atoms with Crippen LogP contribution in [0.25, 0.3) is 0 Å². The zero-order chi connectivity index (χ0) is 14.7. The van der Waals surface area contributed by atoms with Gasteiger partial charge in [0, 0.05) is 29.9 Å². The average Bonchev–Trinajstić information content (AvgIpc) is 2.53. The van der Waals surface area contributed by atoms with Crippen molar-refractivity contribution in [1.82, 2.24) is 0 Å². The van der Waals surface area contributed by atoms with Gasteiger partial charge in [0.15, 0.2) is 11.5 Å². The minimum atomic E-state index is 0.208. The molecule has 1 aliphatic heterocycles. The molecule has 21 heavy (non-hydrogen) atoms. The zero-order valence-corrected chi connectivity index (χ0v) is 11.8. The summed E-state index contributed by atoms with van der Waals surface area (Å²) in [5.74, 6) is 2.35. The fourth-order valence-electron chi connectivity index (χ4n) is 2.17. The van der Waals surface area contributed by atoms with Crippen molar-refractivity contribution >= 4 is 5.69 Å². The molecule has 5 heteroatoms. The van der Waals surface area contributed by atoms with Gasteiger partial charge in [-0.15, -0.1) is 0 Å². The van der Waals surface area contributed by atoms with E-state index < -0.39 is 0 Å². The van der Waals surface area contributed by atoms with E-state index in [1.165, 1.54) is 0 Å². The summed E-state index contributed by atoms with van der Waals surface area (Å²) in [5.41, 5.74) is 1.71. The molecule has 0 unspecified atom stereocenters. The third-order valence-electron chi connectivity index (χ3n) is 3.32. The Hall–Kier alpha value is -2.56. The largest absolute Gasteiger partial charge is 0.507 e. The summed E-state index contributed by atoms with van der Waals surface area (Å²) in [6.07, 6.45) is 0. The molecule has 0 saturated heterocycles. The van der Waals surface area contributed by atoms with Gasteiger partial charge in [0.1, 0.15) is 24.7 Å². The number of fused-ring (bicyclic) bond motifs is 1. The third-order valence-corrected chi connectivity index (χ3v) is 3.32. The summed E-state index contributed by atoms with van der Waals surface area (Å²) >= 11 is 0. The van der Waals surface area contributed by atoms with Crippen LogP contribution in [0.1, 0.15) is 5.56 Å². The molecule has 5 nitrogen and oxygen atoms in total. The molecular formula is C16H17NO4. The molecule has 0 atom stereocenters. The van der Waals surface area contributed by atoms with E-state index >= 15 is 0 Å². The minimum absolute atomic E-state index is 0.208. The topological polar surface area (TPSA) is 60.0 Å². The first-order chi connectivity index (χ1) is 10.3. The van der Waals surface area contributed by atoms with Gasteiger partial charge in [-0.3, -0.25) is 0 Å². The molecule has 0 aliphatic carbocycles. The zero-order valence-electron chi connectivity index (χ0n) is 11.8. The Labute approximate surface area is 123 Å². The molecule has 0 amide bonds. The maximum Gasteiger partial charge on any atom is 0.163 e. The predicted molar refractivity (Wildman–Crippen MR) is 79.4 cm³/mol. The molecule has 2 aromatic carbocycles. The van der Waals surface area contributed by atoms with Crippen molar-refractivity contribution in [2.24, 2.45) is 0 Å². The molecule has 0 radical (unpaired) electrons. The number of rotatable bonds is 4. The summed E-state index contributed by atoms with van der Waals surface area (Å²) in [6.45, 7) is 1.66. The maximum atomic E-state index is 9.93. The lowest BCUT2D eigenvalue weighted by molar-refractivity contribution is 0.171. The van der Waals surface area contributed by atoms with Crippen LogP contribution in [0.4, 0.5) is 5.69 Å². The van der Waals surface area contributed by atoms with E-state index in [4.69, 9.17) is 14.2 Å². The summed E-state index contributed by atoms with van der Waals surface area (Å²) in [6, 6.07) is 11.0. The number of hydrogen-bond donors (Lipinski definition) is 2. The number of nitrogens with one attached hydrogen (secondary N) is 1. The van der Waals surface area contributed by atoms with Crippen molar-refractivity contribution in [3.63, 3.8) is 0 Å². The quantitative estimate of drug-likeness (QED) is 0.905. The molecule has 2 aromatic rings. The number of hydrogen-bond acceptors (Lipinski definition) is 5. The molecule has 3 rings (SSSR count). The number of methoxy groups -OCH3 is 1. The van der Waals surface area contributed by atoms with E-state index in [0.29, 0.717) is 25.5 Å². The molecule has 1 heterocycles. The van der Waals surface area contributed by atoms with Crippen molar-refractivity contribution in [3.8, 4) is 23.0 Å². The molecule has 2 N–H and O–H groups in total. The van der Waals surface area contributed by atoms with E-state index in [1.54, 1.807) is 13.2 Å². The van der Waals surface area contributed by atoms with Crippen molar-refractivity contribution in [1.29, 1.82) is 0 Å². The normalized spacial score (nSPS) is 12.8. The van der Waals surface area contributed by atoms with E-state index in [2.05, 4.69) is 5.32 Å². The lowest BCUT2D eigenvalue weighted by Crippen LogP contribution is -2.15. The summed E-state index contributed by atoms with van der Waals surface area (Å²) in [5, 5.41) is 13.2. The first kappa shape index (κ1) is 13.4. The van der Waals surface area contributed by atoms with Gasteiger partial charge >= 0.3 is 0 Å². The monoisotopic (exact) mass is 287 g/mol. The number of anilines is 1. The van der Waals surface area contributed by atoms with Gasteiger partial charge in [0.2, 0.25) is 0 Å². The first-order valence-electron chi connectivity index (χ1n) is 6.75. The second kappa shape index (κ2) is 5.83. The Kier molecular flexibility index (Phi) is 3.73. The Morgan fingerprint density at radius 1 is 1.10 bits per heavy atom. The van der Waals surface area contributed by atoms with E-state index in [9.17, 15) is 5.11 Å². The van der Waals surface area contributed by atoms with Crippen LogP contribution in [0.3, 0.4) is 0 Å². The van der Waals surface area contributed by atoms with Crippen LogP contribution in [-0.4, -0.2) is 25.4 Å². The number of aromatic hydroxyl groups is 1. The summed E-state index contributed by atoms with van der Waals surface area (Å²) in [4.78, 5) is 0. The molecule has 0 saturated carbocycles. The van der Waals surface area contributed by atoms with Gasteiger partial charge in [-0.05, 0) is 24.3 Å². The number of phenolic OH excluding ortho intramolecular Hbond substituents is 1. The van der Waals surface area contributed by atoms with Crippen molar-refractivity contribution in [3.05, 3.63) is 42.0 Å². The highest BCUT2D eigenvalue weighted by molar-refractivity contribution is 5.55. The van der Waals surface area contributed by atoms with Gasteiger partial charge in [0.05, 0.1) is 7.11 Å². The predicted octanol–water partition coefficient (Wildman–Crippen LogP) is 2.78. The van der Waals surface area contributed by atoms with Gasteiger partial charge in [0.25, 0.3) is 0 Å². The molecule has 0 fully saturated rings. The average molecular weight is 287 g/mol. The lowest BCUT2D eigenvalue weighted by Gasteiger charge is -2.19. The maximum absolute atomic E-state index is 9.93. The second-order valence-corrected chi connectivity index (χ2v) is 4.71. The Bertz CT molecular complexity index is 642. The van der Waals surface area contributed by atoms with Gasteiger partial charge in [-0.25, -0.2) is 0 Å². The van der Waals surface area contributed by atoms with Crippen LogP contribution in [0.5, 0.6) is 23.0 Å². The molecule has 0 spiro atoms. The van der Waals surface area contributed by atoms with Crippen LogP contribution in [0.2, 0.25) is 0 Å². The van der Waals surface area contributed by atoms with E-state index in [1.807, 2.05) is 30.3 Å². The summed E-state index contributed by atoms with van der Waals surface area (Å²) < 4.78 is 16.1. The third kappa shape index (κ3) is 2.97. The highest BCUT2D eigenvalue weighted by Gasteiger charge is 2.11. The van der Waals surface area contributed by atoms with Crippen molar-refractivity contribution < 1.29 is 19.3 Å². The molecular weight excluding hydrogens is 270 g/mol. The Morgan fingerprint density at radius 2 is 1.90 bits per heavy atom. The Balaban J connectivity index is 1.70. The molecule has 110 valence electrons. The molecule has 0 aromatic heterocycles. The first-order valence-corrected chi connectivity index (χ1v) is 6.75. The molecule has 0 bridgehead atoms. The second-order valence-electron chi connectivity index (χ2n) is 4.71. The lowest BCUT2D eigenvalue weighted by atomic mass is 10.2. The van der Waals surface area contributed by atoms with E-state index in [-0.39, 0.29) is 5.75 Å². The SMILES string of the molecule is COc1ccc(CNc2ccc3c(c2)OCCO3)c(O)c1. The van der Waals surface area contributed by atoms with Crippen LogP contribution in [0, 0.1) is 0 Å². The smallest absolute Gasteiger partial charge is 0.163 e.